The molecule has 1 N–H and O–H groups in total. The predicted molar refractivity (Wildman–Crippen MR) is 96.6 cm³/mol. The van der Waals surface area contributed by atoms with Gasteiger partial charge in [0.25, 0.3) is 0 Å². The van der Waals surface area contributed by atoms with Crippen LogP contribution < -0.4 is 10.2 Å². The molecular weight excluding hydrogens is 302 g/mol. The first-order valence-electron chi connectivity index (χ1n) is 8.94. The second-order valence-electron chi connectivity index (χ2n) is 7.68. The molecule has 1 aromatic carbocycles. The van der Waals surface area contributed by atoms with Gasteiger partial charge >= 0.3 is 6.09 Å². The molecule has 0 saturated carbocycles. The largest absolute Gasteiger partial charge is 0.444 e. The summed E-state index contributed by atoms with van der Waals surface area (Å²) < 4.78 is 5.58. The third-order valence-electron chi connectivity index (χ3n) is 4.79. The molecule has 1 atom stereocenters. The minimum absolute atomic E-state index is 0.0477. The second kappa shape index (κ2) is 6.63. The summed E-state index contributed by atoms with van der Waals surface area (Å²) in [6.07, 6.45) is 0.673. The molecule has 1 amide bonds. The van der Waals surface area contributed by atoms with Crippen molar-refractivity contribution < 1.29 is 9.53 Å². The van der Waals surface area contributed by atoms with Crippen molar-refractivity contribution in [2.45, 2.75) is 45.8 Å². The van der Waals surface area contributed by atoms with Crippen molar-refractivity contribution in [3.63, 3.8) is 0 Å². The van der Waals surface area contributed by atoms with E-state index in [9.17, 15) is 4.79 Å². The Kier molecular flexibility index (Phi) is 4.72. The van der Waals surface area contributed by atoms with Gasteiger partial charge in [-0.2, -0.15) is 0 Å². The first-order valence-corrected chi connectivity index (χ1v) is 8.94. The number of benzene rings is 1. The lowest BCUT2D eigenvalue weighted by atomic mass is 9.91. The van der Waals surface area contributed by atoms with Crippen molar-refractivity contribution in [1.29, 1.82) is 0 Å². The number of carbonyl (C=O) groups excluding carboxylic acids is 1. The lowest BCUT2D eigenvalue weighted by Gasteiger charge is -2.39. The Morgan fingerprint density at radius 1 is 1.21 bits per heavy atom. The van der Waals surface area contributed by atoms with Crippen LogP contribution in [-0.4, -0.2) is 49.3 Å². The van der Waals surface area contributed by atoms with Gasteiger partial charge in [0, 0.05) is 38.4 Å². The smallest absolute Gasteiger partial charge is 0.410 e. The van der Waals surface area contributed by atoms with Gasteiger partial charge in [0.15, 0.2) is 0 Å². The molecule has 1 unspecified atom stereocenters. The number of hydrogen-bond donors (Lipinski definition) is 1. The van der Waals surface area contributed by atoms with E-state index in [1.807, 2.05) is 25.7 Å². The Balaban J connectivity index is 1.83. The number of fused-ring (bicyclic) bond motifs is 1. The van der Waals surface area contributed by atoms with E-state index in [1.54, 1.807) is 0 Å². The molecule has 5 heteroatoms. The number of anilines is 1. The highest BCUT2D eigenvalue weighted by Gasteiger charge is 2.32. The Bertz CT molecular complexity index is 603. The number of ether oxygens (including phenoxy) is 1. The van der Waals surface area contributed by atoms with Gasteiger partial charge in [-0.3, -0.25) is 0 Å². The minimum atomic E-state index is -0.459. The molecule has 0 bridgehead atoms. The SMILES string of the molecule is CC1c2cccc(N3CCNCC3)c2CCN1C(=O)OC(C)(C)C. The van der Waals surface area contributed by atoms with E-state index in [1.165, 1.54) is 16.8 Å². The van der Waals surface area contributed by atoms with Crippen LogP contribution in [0.25, 0.3) is 0 Å². The van der Waals surface area contributed by atoms with Crippen LogP contribution in [0.1, 0.15) is 44.9 Å². The highest BCUT2D eigenvalue weighted by molar-refractivity contribution is 5.70. The van der Waals surface area contributed by atoms with Gasteiger partial charge in [-0.1, -0.05) is 12.1 Å². The highest BCUT2D eigenvalue weighted by atomic mass is 16.6. The minimum Gasteiger partial charge on any atom is -0.444 e. The standard InChI is InChI=1S/C19H29N3O2/c1-14-15-6-5-7-17(21-12-9-20-10-13-21)16(15)8-11-22(14)18(23)24-19(2,3)4/h5-7,14,20H,8-13H2,1-4H3. The van der Waals surface area contributed by atoms with E-state index in [2.05, 4.69) is 35.3 Å². The first kappa shape index (κ1) is 17.1. The summed E-state index contributed by atoms with van der Waals surface area (Å²) in [5, 5.41) is 3.41. The van der Waals surface area contributed by atoms with E-state index in [4.69, 9.17) is 4.74 Å². The molecule has 24 heavy (non-hydrogen) atoms. The molecule has 1 fully saturated rings. The summed E-state index contributed by atoms with van der Waals surface area (Å²) in [4.78, 5) is 16.8. The zero-order valence-corrected chi connectivity index (χ0v) is 15.3. The number of rotatable bonds is 1. The van der Waals surface area contributed by atoms with Crippen LogP contribution in [0.5, 0.6) is 0 Å². The van der Waals surface area contributed by atoms with Crippen molar-refractivity contribution in [2.24, 2.45) is 0 Å². The lowest BCUT2D eigenvalue weighted by Crippen LogP contribution is -2.45. The maximum absolute atomic E-state index is 12.5. The van der Waals surface area contributed by atoms with Crippen molar-refractivity contribution in [1.82, 2.24) is 10.2 Å². The second-order valence-corrected chi connectivity index (χ2v) is 7.68. The number of nitrogens with zero attached hydrogens (tertiary/aromatic N) is 2. The fraction of sp³-hybridized carbons (Fsp3) is 0.632. The third-order valence-corrected chi connectivity index (χ3v) is 4.79. The van der Waals surface area contributed by atoms with E-state index >= 15 is 0 Å². The first-order chi connectivity index (χ1) is 11.4. The maximum atomic E-state index is 12.5. The van der Waals surface area contributed by atoms with Crippen LogP contribution in [0.4, 0.5) is 10.5 Å². The number of piperazine rings is 1. The van der Waals surface area contributed by atoms with Crippen molar-refractivity contribution in [2.75, 3.05) is 37.6 Å². The Labute approximate surface area is 145 Å². The quantitative estimate of drug-likeness (QED) is 0.859. The van der Waals surface area contributed by atoms with Crippen LogP contribution in [0.2, 0.25) is 0 Å². The molecular formula is C19H29N3O2. The maximum Gasteiger partial charge on any atom is 0.410 e. The average molecular weight is 331 g/mol. The highest BCUT2D eigenvalue weighted by Crippen LogP contribution is 2.36. The van der Waals surface area contributed by atoms with Gasteiger partial charge in [-0.25, -0.2) is 4.79 Å². The monoisotopic (exact) mass is 331 g/mol. The molecule has 0 spiro atoms. The number of nitrogens with one attached hydrogen (secondary N) is 1. The van der Waals surface area contributed by atoms with Gasteiger partial charge in [-0.05, 0) is 51.3 Å². The lowest BCUT2D eigenvalue weighted by molar-refractivity contribution is 0.0160. The summed E-state index contributed by atoms with van der Waals surface area (Å²) >= 11 is 0. The van der Waals surface area contributed by atoms with Gasteiger partial charge < -0.3 is 19.9 Å². The van der Waals surface area contributed by atoms with Crippen LogP contribution in [0, 0.1) is 0 Å². The van der Waals surface area contributed by atoms with E-state index in [-0.39, 0.29) is 12.1 Å². The van der Waals surface area contributed by atoms with Crippen LogP contribution >= 0.6 is 0 Å². The normalized spacial score (nSPS) is 21.4. The van der Waals surface area contributed by atoms with Gasteiger partial charge in [0.2, 0.25) is 0 Å². The molecule has 2 aliphatic rings. The molecule has 3 rings (SSSR count). The third kappa shape index (κ3) is 3.51. The molecule has 5 nitrogen and oxygen atoms in total. The van der Waals surface area contributed by atoms with Crippen molar-refractivity contribution in [3.05, 3.63) is 29.3 Å². The summed E-state index contributed by atoms with van der Waals surface area (Å²) in [6.45, 7) is 12.7. The summed E-state index contributed by atoms with van der Waals surface area (Å²) in [5.74, 6) is 0. The molecule has 0 aliphatic carbocycles. The van der Waals surface area contributed by atoms with Crippen LogP contribution in [-0.2, 0) is 11.2 Å². The molecule has 2 aliphatic heterocycles. The topological polar surface area (TPSA) is 44.8 Å². The number of hydrogen-bond acceptors (Lipinski definition) is 4. The zero-order chi connectivity index (χ0) is 17.3. The molecule has 1 aromatic rings. The molecule has 2 heterocycles. The summed E-state index contributed by atoms with van der Waals surface area (Å²) in [7, 11) is 0. The molecule has 0 radical (unpaired) electrons. The van der Waals surface area contributed by atoms with E-state index in [0.29, 0.717) is 6.54 Å². The number of amides is 1. The number of carbonyl (C=O) groups is 1. The van der Waals surface area contributed by atoms with Gasteiger partial charge in [-0.15, -0.1) is 0 Å². The van der Waals surface area contributed by atoms with E-state index < -0.39 is 5.60 Å². The Morgan fingerprint density at radius 2 is 1.92 bits per heavy atom. The fourth-order valence-electron chi connectivity index (χ4n) is 3.62. The van der Waals surface area contributed by atoms with E-state index in [0.717, 1.165) is 32.6 Å². The van der Waals surface area contributed by atoms with Crippen molar-refractivity contribution in [3.8, 4) is 0 Å². The van der Waals surface area contributed by atoms with Crippen molar-refractivity contribution >= 4 is 11.8 Å². The van der Waals surface area contributed by atoms with Crippen LogP contribution in [0.3, 0.4) is 0 Å². The fourth-order valence-corrected chi connectivity index (χ4v) is 3.62. The Hall–Kier alpha value is -1.75. The average Bonchev–Trinajstić information content (AvgIpc) is 2.54. The summed E-state index contributed by atoms with van der Waals surface area (Å²) in [5.41, 5.74) is 3.53. The van der Waals surface area contributed by atoms with Crippen LogP contribution in [0.15, 0.2) is 18.2 Å². The zero-order valence-electron chi connectivity index (χ0n) is 15.3. The summed E-state index contributed by atoms with van der Waals surface area (Å²) in [6, 6.07) is 6.54. The van der Waals surface area contributed by atoms with Gasteiger partial charge in [0.05, 0.1) is 6.04 Å². The molecule has 1 saturated heterocycles. The molecule has 0 aromatic heterocycles. The predicted octanol–water partition coefficient (Wildman–Crippen LogP) is 2.95. The van der Waals surface area contributed by atoms with Gasteiger partial charge in [0.1, 0.15) is 5.60 Å². The molecule has 132 valence electrons. The Morgan fingerprint density at radius 3 is 2.58 bits per heavy atom.